The summed E-state index contributed by atoms with van der Waals surface area (Å²) in [6.45, 7) is 18.2. The van der Waals surface area contributed by atoms with Crippen molar-refractivity contribution < 1.29 is 18.9 Å². The first-order valence-electron chi connectivity index (χ1n) is 9.82. The third kappa shape index (κ3) is 5.03. The standard InChI is InChI=1S/C24H36O4/c1-15-11-17-18(12-16(15)2)20(28-14-24(6,7)8)22(26-10)21(25-9)19(17)27-13-23(3,4)5/h11-12H,13-14H2,1-10H3. The maximum Gasteiger partial charge on any atom is 0.207 e. The van der Waals surface area contributed by atoms with Gasteiger partial charge in [0.25, 0.3) is 0 Å². The SMILES string of the molecule is COc1c(OC)c(OCC(C)(C)C)c2cc(C)c(C)cc2c1OCC(C)(C)C. The van der Waals surface area contributed by atoms with Crippen LogP contribution in [0.1, 0.15) is 52.7 Å². The Morgan fingerprint density at radius 2 is 0.929 bits per heavy atom. The van der Waals surface area contributed by atoms with Crippen LogP contribution in [-0.4, -0.2) is 27.4 Å². The van der Waals surface area contributed by atoms with Gasteiger partial charge in [-0.05, 0) is 47.9 Å². The lowest BCUT2D eigenvalue weighted by Crippen LogP contribution is -2.19. The van der Waals surface area contributed by atoms with E-state index < -0.39 is 0 Å². The summed E-state index contributed by atoms with van der Waals surface area (Å²) in [6, 6.07) is 4.29. The minimum atomic E-state index is 0.0196. The molecule has 0 unspecified atom stereocenters. The zero-order valence-electron chi connectivity index (χ0n) is 19.2. The highest BCUT2D eigenvalue weighted by atomic mass is 16.5. The van der Waals surface area contributed by atoms with Crippen molar-refractivity contribution in [2.24, 2.45) is 10.8 Å². The predicted molar refractivity (Wildman–Crippen MR) is 116 cm³/mol. The topological polar surface area (TPSA) is 36.9 Å². The molecule has 156 valence electrons. The van der Waals surface area contributed by atoms with Crippen LogP contribution in [0.4, 0.5) is 0 Å². The summed E-state index contributed by atoms with van der Waals surface area (Å²) in [4.78, 5) is 0. The van der Waals surface area contributed by atoms with Crippen molar-refractivity contribution in [3.05, 3.63) is 23.3 Å². The quantitative estimate of drug-likeness (QED) is 0.580. The second kappa shape index (κ2) is 8.10. The Kier molecular flexibility index (Phi) is 6.42. The van der Waals surface area contributed by atoms with Gasteiger partial charge < -0.3 is 18.9 Å². The molecule has 0 saturated heterocycles. The number of benzene rings is 2. The molecule has 28 heavy (non-hydrogen) atoms. The van der Waals surface area contributed by atoms with Crippen molar-refractivity contribution in [1.82, 2.24) is 0 Å². The zero-order valence-corrected chi connectivity index (χ0v) is 19.2. The van der Waals surface area contributed by atoms with Crippen LogP contribution in [0.15, 0.2) is 12.1 Å². The zero-order chi connectivity index (χ0) is 21.3. The highest BCUT2D eigenvalue weighted by Gasteiger charge is 2.26. The van der Waals surface area contributed by atoms with E-state index in [1.54, 1.807) is 14.2 Å². The van der Waals surface area contributed by atoms with Crippen LogP contribution >= 0.6 is 0 Å². The average molecular weight is 389 g/mol. The van der Waals surface area contributed by atoms with Crippen molar-refractivity contribution >= 4 is 10.8 Å². The molecule has 0 heterocycles. The molecule has 0 N–H and O–H groups in total. The monoisotopic (exact) mass is 388 g/mol. The Morgan fingerprint density at radius 3 is 1.18 bits per heavy atom. The van der Waals surface area contributed by atoms with E-state index in [9.17, 15) is 0 Å². The summed E-state index contributed by atoms with van der Waals surface area (Å²) in [5.41, 5.74) is 2.43. The van der Waals surface area contributed by atoms with Crippen LogP contribution in [0.2, 0.25) is 0 Å². The summed E-state index contributed by atoms with van der Waals surface area (Å²) in [6.07, 6.45) is 0. The summed E-state index contributed by atoms with van der Waals surface area (Å²) in [5, 5.41) is 1.96. The second-order valence-corrected chi connectivity index (χ2v) is 9.91. The normalized spacial score (nSPS) is 12.2. The molecule has 2 aromatic carbocycles. The van der Waals surface area contributed by atoms with Crippen molar-refractivity contribution in [3.8, 4) is 23.0 Å². The van der Waals surface area contributed by atoms with Crippen molar-refractivity contribution in [3.63, 3.8) is 0 Å². The molecule has 0 amide bonds. The van der Waals surface area contributed by atoms with E-state index in [1.807, 2.05) is 0 Å². The molecular formula is C24H36O4. The van der Waals surface area contributed by atoms with Crippen LogP contribution < -0.4 is 18.9 Å². The van der Waals surface area contributed by atoms with Crippen LogP contribution in [0.5, 0.6) is 23.0 Å². The number of hydrogen-bond donors (Lipinski definition) is 0. The fraction of sp³-hybridized carbons (Fsp3) is 0.583. The number of aryl methyl sites for hydroxylation is 2. The number of ether oxygens (including phenoxy) is 4. The minimum Gasteiger partial charge on any atom is -0.490 e. The van der Waals surface area contributed by atoms with Gasteiger partial charge >= 0.3 is 0 Å². The molecular weight excluding hydrogens is 352 g/mol. The first kappa shape index (κ1) is 22.2. The van der Waals surface area contributed by atoms with Gasteiger partial charge in [-0.3, -0.25) is 0 Å². The Labute approximate surface area is 170 Å². The molecule has 0 saturated carbocycles. The van der Waals surface area contributed by atoms with E-state index in [4.69, 9.17) is 18.9 Å². The van der Waals surface area contributed by atoms with Crippen LogP contribution in [0.3, 0.4) is 0 Å². The predicted octanol–water partition coefficient (Wildman–Crippen LogP) is 6.32. The largest absolute Gasteiger partial charge is 0.490 e. The third-order valence-corrected chi connectivity index (χ3v) is 4.45. The molecule has 0 atom stereocenters. The third-order valence-electron chi connectivity index (χ3n) is 4.45. The maximum atomic E-state index is 6.28. The van der Waals surface area contributed by atoms with Gasteiger partial charge in [-0.15, -0.1) is 0 Å². The number of fused-ring (bicyclic) bond motifs is 1. The highest BCUT2D eigenvalue weighted by Crippen LogP contribution is 2.52. The van der Waals surface area contributed by atoms with Gasteiger partial charge in [0.1, 0.15) is 0 Å². The Bertz CT molecular complexity index is 768. The molecule has 0 radical (unpaired) electrons. The van der Waals surface area contributed by atoms with E-state index in [0.717, 1.165) is 10.8 Å². The molecule has 0 aliphatic carbocycles. The van der Waals surface area contributed by atoms with Gasteiger partial charge in [0.15, 0.2) is 11.5 Å². The van der Waals surface area contributed by atoms with Crippen LogP contribution in [0.25, 0.3) is 10.8 Å². The molecule has 0 aliphatic rings. The first-order valence-corrected chi connectivity index (χ1v) is 9.82. The second-order valence-electron chi connectivity index (χ2n) is 9.91. The van der Waals surface area contributed by atoms with Crippen LogP contribution in [-0.2, 0) is 0 Å². The molecule has 0 aromatic heterocycles. The number of rotatable bonds is 6. The van der Waals surface area contributed by atoms with Gasteiger partial charge in [-0.1, -0.05) is 41.5 Å². The van der Waals surface area contributed by atoms with Gasteiger partial charge in [0.05, 0.1) is 27.4 Å². The summed E-state index contributed by atoms with van der Waals surface area (Å²) in [7, 11) is 3.28. The summed E-state index contributed by atoms with van der Waals surface area (Å²) >= 11 is 0. The molecule has 0 bridgehead atoms. The van der Waals surface area contributed by atoms with Gasteiger partial charge in [-0.2, -0.15) is 0 Å². The van der Waals surface area contributed by atoms with E-state index in [1.165, 1.54) is 11.1 Å². The van der Waals surface area contributed by atoms with Crippen LogP contribution in [0, 0.1) is 24.7 Å². The Hall–Kier alpha value is -2.10. The lowest BCUT2D eigenvalue weighted by atomic mass is 9.97. The summed E-state index contributed by atoms with van der Waals surface area (Å²) in [5.74, 6) is 2.56. The average Bonchev–Trinajstić information content (AvgIpc) is 2.57. The molecule has 4 nitrogen and oxygen atoms in total. The smallest absolute Gasteiger partial charge is 0.207 e. The highest BCUT2D eigenvalue weighted by molar-refractivity contribution is 5.99. The van der Waals surface area contributed by atoms with Crippen molar-refractivity contribution in [2.75, 3.05) is 27.4 Å². The van der Waals surface area contributed by atoms with Gasteiger partial charge in [0.2, 0.25) is 11.5 Å². The molecule has 0 fully saturated rings. The Morgan fingerprint density at radius 1 is 0.607 bits per heavy atom. The van der Waals surface area contributed by atoms with Gasteiger partial charge in [-0.25, -0.2) is 0 Å². The number of methoxy groups -OCH3 is 2. The number of hydrogen-bond acceptors (Lipinski definition) is 4. The maximum absolute atomic E-state index is 6.28. The fourth-order valence-electron chi connectivity index (χ4n) is 2.88. The Balaban J connectivity index is 2.79. The van der Waals surface area contributed by atoms with E-state index in [-0.39, 0.29) is 10.8 Å². The molecule has 4 heteroatoms. The van der Waals surface area contributed by atoms with E-state index in [2.05, 4.69) is 67.5 Å². The minimum absolute atomic E-state index is 0.0196. The first-order chi connectivity index (χ1) is 12.9. The van der Waals surface area contributed by atoms with Crippen molar-refractivity contribution in [1.29, 1.82) is 0 Å². The molecule has 2 rings (SSSR count). The van der Waals surface area contributed by atoms with Crippen molar-refractivity contribution in [2.45, 2.75) is 55.4 Å². The molecule has 2 aromatic rings. The summed E-state index contributed by atoms with van der Waals surface area (Å²) < 4.78 is 24.1. The fourth-order valence-corrected chi connectivity index (χ4v) is 2.88. The molecule has 0 aliphatic heterocycles. The molecule has 0 spiro atoms. The lowest BCUT2D eigenvalue weighted by molar-refractivity contribution is 0.184. The van der Waals surface area contributed by atoms with E-state index in [0.29, 0.717) is 36.2 Å². The van der Waals surface area contributed by atoms with E-state index >= 15 is 0 Å². The lowest BCUT2D eigenvalue weighted by Gasteiger charge is -2.26. The van der Waals surface area contributed by atoms with Gasteiger partial charge in [0, 0.05) is 10.8 Å².